The van der Waals surface area contributed by atoms with Crippen molar-refractivity contribution in [3.63, 3.8) is 0 Å². The Kier molecular flexibility index (Phi) is 6.61. The molecule has 0 unspecified atom stereocenters. The van der Waals surface area contributed by atoms with Crippen LogP contribution < -0.4 is 15.0 Å². The van der Waals surface area contributed by atoms with Gasteiger partial charge in [-0.1, -0.05) is 0 Å². The van der Waals surface area contributed by atoms with Crippen molar-refractivity contribution in [2.45, 2.75) is 40.2 Å². The number of aryl methyl sites for hydroxylation is 2. The van der Waals surface area contributed by atoms with E-state index in [0.717, 1.165) is 16.8 Å². The quantitative estimate of drug-likeness (QED) is 0.385. The van der Waals surface area contributed by atoms with E-state index in [9.17, 15) is 9.59 Å². The highest BCUT2D eigenvalue weighted by Gasteiger charge is 2.28. The van der Waals surface area contributed by atoms with E-state index in [1.165, 1.54) is 11.5 Å². The molecule has 11 heteroatoms. The van der Waals surface area contributed by atoms with Gasteiger partial charge < -0.3 is 34.0 Å². The fourth-order valence-corrected chi connectivity index (χ4v) is 4.93. The van der Waals surface area contributed by atoms with Crippen LogP contribution in [0.1, 0.15) is 42.5 Å². The van der Waals surface area contributed by atoms with Crippen molar-refractivity contribution in [2.24, 2.45) is 0 Å². The Morgan fingerprint density at radius 1 is 1.10 bits per heavy atom. The molecule has 5 rings (SSSR count). The van der Waals surface area contributed by atoms with Gasteiger partial charge in [-0.3, -0.25) is 4.79 Å². The maximum absolute atomic E-state index is 15.1. The second kappa shape index (κ2) is 9.79. The van der Waals surface area contributed by atoms with E-state index in [-0.39, 0.29) is 23.2 Å². The van der Waals surface area contributed by atoms with Gasteiger partial charge in [0.15, 0.2) is 11.4 Å². The molecule has 2 amide bonds. The lowest BCUT2D eigenvalue weighted by Crippen LogP contribution is -2.50. The number of carbonyl (C=O) groups is 2. The molecule has 1 fully saturated rings. The van der Waals surface area contributed by atoms with Crippen LogP contribution in [-0.2, 0) is 4.74 Å². The number of piperazine rings is 1. The number of nitrogens with one attached hydrogen (secondary N) is 2. The summed E-state index contributed by atoms with van der Waals surface area (Å²) >= 11 is 0. The zero-order valence-corrected chi connectivity index (χ0v) is 23.0. The fourth-order valence-electron chi connectivity index (χ4n) is 4.93. The van der Waals surface area contributed by atoms with Gasteiger partial charge in [0.05, 0.1) is 23.9 Å². The number of hydrogen-bond acceptors (Lipinski definition) is 6. The highest BCUT2D eigenvalue weighted by molar-refractivity contribution is 6.14. The van der Waals surface area contributed by atoms with Crippen molar-refractivity contribution in [1.82, 2.24) is 19.3 Å². The highest BCUT2D eigenvalue weighted by atomic mass is 19.1. The second-order valence-corrected chi connectivity index (χ2v) is 10.8. The van der Waals surface area contributed by atoms with Crippen LogP contribution in [0.5, 0.6) is 5.75 Å². The van der Waals surface area contributed by atoms with Crippen LogP contribution in [0.4, 0.5) is 20.6 Å². The lowest BCUT2D eigenvalue weighted by Gasteiger charge is -2.37. The van der Waals surface area contributed by atoms with E-state index in [0.29, 0.717) is 43.0 Å². The minimum Gasteiger partial charge on any atom is -0.491 e. The van der Waals surface area contributed by atoms with Gasteiger partial charge in [-0.15, -0.1) is 0 Å². The number of fused-ring (bicyclic) bond motifs is 2. The molecule has 1 aliphatic rings. The molecule has 0 aliphatic carbocycles. The molecule has 0 atom stereocenters. The topological polar surface area (TPSA) is 104 Å². The van der Waals surface area contributed by atoms with E-state index in [1.54, 1.807) is 30.3 Å². The number of ether oxygens (including phenoxy) is 2. The van der Waals surface area contributed by atoms with E-state index < -0.39 is 17.3 Å². The summed E-state index contributed by atoms with van der Waals surface area (Å²) in [5, 5.41) is 3.71. The molecular weight excluding hydrogens is 503 g/mol. The number of aromatic nitrogens is 3. The molecule has 1 aromatic carbocycles. The minimum atomic E-state index is -0.648. The average molecular weight is 537 g/mol. The van der Waals surface area contributed by atoms with Gasteiger partial charge in [0.1, 0.15) is 11.3 Å². The minimum absolute atomic E-state index is 0.0835. The number of pyridine rings is 1. The maximum Gasteiger partial charge on any atom is 0.410 e. The highest BCUT2D eigenvalue weighted by Crippen LogP contribution is 2.34. The number of methoxy groups -OCH3 is 1. The summed E-state index contributed by atoms with van der Waals surface area (Å²) < 4.78 is 27.4. The predicted molar refractivity (Wildman–Crippen MR) is 147 cm³/mol. The van der Waals surface area contributed by atoms with Crippen LogP contribution in [0.3, 0.4) is 0 Å². The molecule has 1 saturated heterocycles. The zero-order chi connectivity index (χ0) is 28.1. The molecule has 10 nitrogen and oxygen atoms in total. The third-order valence-electron chi connectivity index (χ3n) is 6.64. The van der Waals surface area contributed by atoms with E-state index in [4.69, 9.17) is 9.47 Å². The monoisotopic (exact) mass is 536 g/mol. The number of carbonyl (C=O) groups excluding carboxylic acids is 2. The summed E-state index contributed by atoms with van der Waals surface area (Å²) in [6.07, 6.45) is 2.95. The standard InChI is InChI=1S/C28H33FN6O4/c1-16-13-19-21(33-9-11-34(12-10-33)27(37)39-28(3,4)5)8-7-18(23(19)30-16)26(36)32-20-15-35-14-17(2)31-25(35)22(29)24(20)38-6/h7-8,13-15,30H,9-12H2,1-6H3,(H,32,36). The molecule has 2 N–H and O–H groups in total. The maximum atomic E-state index is 15.1. The van der Waals surface area contributed by atoms with Gasteiger partial charge in [-0.05, 0) is 52.8 Å². The van der Waals surface area contributed by atoms with Crippen LogP contribution in [0.2, 0.25) is 0 Å². The molecule has 4 aromatic rings. The smallest absolute Gasteiger partial charge is 0.410 e. The number of benzene rings is 1. The van der Waals surface area contributed by atoms with Crippen molar-refractivity contribution in [3.05, 3.63) is 53.4 Å². The van der Waals surface area contributed by atoms with Gasteiger partial charge >= 0.3 is 6.09 Å². The second-order valence-electron chi connectivity index (χ2n) is 10.8. The van der Waals surface area contributed by atoms with Gasteiger partial charge in [0.25, 0.3) is 5.91 Å². The van der Waals surface area contributed by atoms with Gasteiger partial charge in [-0.25, -0.2) is 9.78 Å². The fraction of sp³-hybridized carbons (Fsp3) is 0.393. The van der Waals surface area contributed by atoms with Gasteiger partial charge in [0.2, 0.25) is 5.82 Å². The molecule has 0 radical (unpaired) electrons. The average Bonchev–Trinajstić information content (AvgIpc) is 3.44. The van der Waals surface area contributed by atoms with E-state index in [1.807, 2.05) is 39.8 Å². The van der Waals surface area contributed by atoms with Crippen molar-refractivity contribution < 1.29 is 23.5 Å². The zero-order valence-electron chi connectivity index (χ0n) is 23.0. The first kappa shape index (κ1) is 26.3. The van der Waals surface area contributed by atoms with E-state index in [2.05, 4.69) is 20.2 Å². The molecule has 0 saturated carbocycles. The first-order valence-electron chi connectivity index (χ1n) is 12.8. The summed E-state index contributed by atoms with van der Waals surface area (Å²) in [7, 11) is 1.35. The Bertz CT molecular complexity index is 1580. The van der Waals surface area contributed by atoms with Crippen LogP contribution in [0.25, 0.3) is 16.6 Å². The normalized spacial score (nSPS) is 14.2. The summed E-state index contributed by atoms with van der Waals surface area (Å²) in [6, 6.07) is 5.67. The number of amides is 2. The summed E-state index contributed by atoms with van der Waals surface area (Å²) in [5.74, 6) is -1.14. The number of hydrogen-bond donors (Lipinski definition) is 2. The predicted octanol–water partition coefficient (Wildman–Crippen LogP) is 4.89. The first-order chi connectivity index (χ1) is 18.4. The van der Waals surface area contributed by atoms with Crippen LogP contribution in [0, 0.1) is 19.7 Å². The van der Waals surface area contributed by atoms with Gasteiger partial charge in [0, 0.05) is 55.3 Å². The Labute approximate surface area is 225 Å². The Hall–Kier alpha value is -4.28. The number of imidazole rings is 1. The van der Waals surface area contributed by atoms with E-state index >= 15 is 4.39 Å². The number of halogens is 1. The largest absolute Gasteiger partial charge is 0.491 e. The SMILES string of the molecule is COc1c(NC(=O)c2ccc(N3CCN(C(=O)OC(C)(C)C)CC3)c3cc(C)[nH]c23)cn2cc(C)nc2c1F. The summed E-state index contributed by atoms with van der Waals surface area (Å²) in [6.45, 7) is 11.6. The van der Waals surface area contributed by atoms with Crippen LogP contribution in [0.15, 0.2) is 30.6 Å². The molecule has 39 heavy (non-hydrogen) atoms. The van der Waals surface area contributed by atoms with Crippen molar-refractivity contribution >= 4 is 39.9 Å². The number of anilines is 2. The number of rotatable bonds is 4. The van der Waals surface area contributed by atoms with Crippen molar-refractivity contribution in [2.75, 3.05) is 43.5 Å². The van der Waals surface area contributed by atoms with Crippen molar-refractivity contribution in [1.29, 1.82) is 0 Å². The number of nitrogens with zero attached hydrogens (tertiary/aromatic N) is 4. The number of H-pyrrole nitrogens is 1. The van der Waals surface area contributed by atoms with Crippen LogP contribution >= 0.6 is 0 Å². The molecular formula is C28H33FN6O4. The third kappa shape index (κ3) is 5.08. The van der Waals surface area contributed by atoms with Crippen LogP contribution in [-0.4, -0.2) is 70.2 Å². The molecule has 0 spiro atoms. The van der Waals surface area contributed by atoms with Gasteiger partial charge in [-0.2, -0.15) is 4.39 Å². The third-order valence-corrected chi connectivity index (χ3v) is 6.64. The Morgan fingerprint density at radius 3 is 2.49 bits per heavy atom. The summed E-state index contributed by atoms with van der Waals surface area (Å²) in [5.41, 5.74) is 3.38. The molecule has 4 heterocycles. The Balaban J connectivity index is 1.40. The van der Waals surface area contributed by atoms with Crippen molar-refractivity contribution in [3.8, 4) is 5.75 Å². The Morgan fingerprint density at radius 2 is 1.82 bits per heavy atom. The lowest BCUT2D eigenvalue weighted by molar-refractivity contribution is 0.0240. The number of aromatic amines is 1. The molecule has 0 bridgehead atoms. The first-order valence-corrected chi connectivity index (χ1v) is 12.8. The molecule has 1 aliphatic heterocycles. The lowest BCUT2D eigenvalue weighted by atomic mass is 10.1. The molecule has 3 aromatic heterocycles. The molecule has 206 valence electrons. The summed E-state index contributed by atoms with van der Waals surface area (Å²) in [4.78, 5) is 37.4.